The predicted octanol–water partition coefficient (Wildman–Crippen LogP) is 4.55. The van der Waals surface area contributed by atoms with Gasteiger partial charge in [-0.2, -0.15) is 13.2 Å². The number of fused-ring (bicyclic) bond motifs is 1. The van der Waals surface area contributed by atoms with Gasteiger partial charge in [-0.3, -0.25) is 9.78 Å². The lowest BCUT2D eigenvalue weighted by atomic mass is 10.0. The van der Waals surface area contributed by atoms with Gasteiger partial charge < -0.3 is 5.32 Å². The first kappa shape index (κ1) is 16.4. The summed E-state index contributed by atoms with van der Waals surface area (Å²) in [6.45, 7) is 2.10. The molecule has 0 fully saturated rings. The number of hydrogen-bond donors (Lipinski definition) is 1. The molecule has 0 spiro atoms. The van der Waals surface area contributed by atoms with E-state index in [1.165, 1.54) is 29.5 Å². The molecule has 24 heavy (non-hydrogen) atoms. The maximum Gasteiger partial charge on any atom is 0.417 e. The van der Waals surface area contributed by atoms with Crippen LogP contribution in [0.2, 0.25) is 0 Å². The van der Waals surface area contributed by atoms with E-state index >= 15 is 0 Å². The van der Waals surface area contributed by atoms with Gasteiger partial charge in [0.2, 0.25) is 0 Å². The summed E-state index contributed by atoms with van der Waals surface area (Å²) in [7, 11) is 0. The number of thiophene rings is 1. The Morgan fingerprint density at radius 2 is 1.96 bits per heavy atom. The second-order valence-corrected chi connectivity index (χ2v) is 6.63. The fourth-order valence-corrected chi connectivity index (χ4v) is 3.29. The fourth-order valence-electron chi connectivity index (χ4n) is 2.46. The van der Waals surface area contributed by atoms with Crippen molar-refractivity contribution in [1.29, 1.82) is 0 Å². The lowest BCUT2D eigenvalue weighted by Crippen LogP contribution is -2.26. The highest BCUT2D eigenvalue weighted by molar-refractivity contribution is 7.11. The van der Waals surface area contributed by atoms with Crippen LogP contribution in [0.5, 0.6) is 0 Å². The molecule has 1 N–H and O–H groups in total. The van der Waals surface area contributed by atoms with E-state index < -0.39 is 23.2 Å². The smallest absolute Gasteiger partial charge is 0.347 e. The summed E-state index contributed by atoms with van der Waals surface area (Å²) in [6, 6.07) is 9.64. The Morgan fingerprint density at radius 1 is 1.21 bits per heavy atom. The zero-order valence-electron chi connectivity index (χ0n) is 12.6. The van der Waals surface area contributed by atoms with Crippen LogP contribution in [0.25, 0.3) is 10.9 Å². The van der Waals surface area contributed by atoms with Crippen LogP contribution in [-0.2, 0) is 12.7 Å². The zero-order valence-corrected chi connectivity index (χ0v) is 13.5. The molecular weight excluding hydrogens is 337 g/mol. The number of nitrogens with zero attached hydrogens (tertiary/aromatic N) is 1. The number of alkyl halides is 3. The first-order valence-corrected chi connectivity index (χ1v) is 7.96. The molecule has 1 amide bonds. The van der Waals surface area contributed by atoms with E-state index in [9.17, 15) is 18.0 Å². The number of benzene rings is 1. The molecule has 0 saturated carbocycles. The standard InChI is InChI=1S/C17H13F3N2OS/c1-10-6-7-11(24-10)8-22-16(23)13-9-21-14-5-3-2-4-12(14)15(13)17(18,19)20/h2-7,9H,8H2,1H3,(H,22,23). The number of carbonyl (C=O) groups excluding carboxylic acids is 1. The minimum absolute atomic E-state index is 0.0791. The molecule has 1 aromatic carbocycles. The molecule has 0 unspecified atom stereocenters. The number of para-hydroxylation sites is 1. The van der Waals surface area contributed by atoms with Crippen LogP contribution in [0.4, 0.5) is 13.2 Å². The SMILES string of the molecule is Cc1ccc(CNC(=O)c2cnc3ccccc3c2C(F)(F)F)s1. The molecule has 2 heterocycles. The number of rotatable bonds is 3. The lowest BCUT2D eigenvalue weighted by Gasteiger charge is -2.15. The number of aromatic nitrogens is 1. The Morgan fingerprint density at radius 3 is 2.62 bits per heavy atom. The van der Waals surface area contributed by atoms with Crippen molar-refractivity contribution in [1.82, 2.24) is 10.3 Å². The van der Waals surface area contributed by atoms with Gasteiger partial charge in [0.1, 0.15) is 0 Å². The van der Waals surface area contributed by atoms with E-state index in [1.807, 2.05) is 19.1 Å². The van der Waals surface area contributed by atoms with Crippen molar-refractivity contribution in [3.05, 3.63) is 63.5 Å². The Kier molecular flexibility index (Phi) is 4.28. The molecule has 0 aliphatic carbocycles. The summed E-state index contributed by atoms with van der Waals surface area (Å²) in [5.41, 5.74) is -1.21. The molecular formula is C17H13F3N2OS. The number of pyridine rings is 1. The lowest BCUT2D eigenvalue weighted by molar-refractivity contribution is -0.136. The highest BCUT2D eigenvalue weighted by Gasteiger charge is 2.37. The van der Waals surface area contributed by atoms with Crippen LogP contribution in [0, 0.1) is 6.92 Å². The van der Waals surface area contributed by atoms with Crippen molar-refractivity contribution >= 4 is 28.1 Å². The van der Waals surface area contributed by atoms with Crippen LogP contribution in [0.1, 0.15) is 25.7 Å². The van der Waals surface area contributed by atoms with Crippen LogP contribution in [-0.4, -0.2) is 10.9 Å². The predicted molar refractivity (Wildman–Crippen MR) is 87.0 cm³/mol. The molecule has 0 bridgehead atoms. The van der Waals surface area contributed by atoms with Crippen molar-refractivity contribution in [2.75, 3.05) is 0 Å². The Hall–Kier alpha value is -2.41. The first-order valence-electron chi connectivity index (χ1n) is 7.14. The van der Waals surface area contributed by atoms with Gasteiger partial charge >= 0.3 is 6.18 Å². The topological polar surface area (TPSA) is 42.0 Å². The van der Waals surface area contributed by atoms with Gasteiger partial charge in [0.25, 0.3) is 5.91 Å². The summed E-state index contributed by atoms with van der Waals surface area (Å²) >= 11 is 1.48. The Labute approximate surface area is 140 Å². The van der Waals surface area contributed by atoms with Gasteiger partial charge in [-0.1, -0.05) is 18.2 Å². The highest BCUT2D eigenvalue weighted by Crippen LogP contribution is 2.36. The molecule has 2 aromatic heterocycles. The largest absolute Gasteiger partial charge is 0.417 e. The molecule has 3 nitrogen and oxygen atoms in total. The second kappa shape index (κ2) is 6.24. The van der Waals surface area contributed by atoms with E-state index in [0.29, 0.717) is 0 Å². The van der Waals surface area contributed by atoms with Gasteiger partial charge in [0.05, 0.1) is 23.2 Å². The number of hydrogen-bond acceptors (Lipinski definition) is 3. The number of nitrogens with one attached hydrogen (secondary N) is 1. The minimum atomic E-state index is -4.64. The third-order valence-electron chi connectivity index (χ3n) is 3.52. The molecule has 0 aliphatic heterocycles. The Balaban J connectivity index is 1.97. The van der Waals surface area contributed by atoms with Crippen molar-refractivity contribution < 1.29 is 18.0 Å². The van der Waals surface area contributed by atoms with Gasteiger partial charge in [-0.25, -0.2) is 0 Å². The third-order valence-corrected chi connectivity index (χ3v) is 4.52. The van der Waals surface area contributed by atoms with E-state index in [0.717, 1.165) is 16.0 Å². The van der Waals surface area contributed by atoms with Gasteiger partial charge in [-0.15, -0.1) is 11.3 Å². The first-order chi connectivity index (χ1) is 11.4. The minimum Gasteiger partial charge on any atom is -0.347 e. The Bertz CT molecular complexity index is 902. The van der Waals surface area contributed by atoms with E-state index in [4.69, 9.17) is 0 Å². The number of carbonyl (C=O) groups is 1. The molecule has 7 heteroatoms. The molecule has 0 aliphatic rings. The average molecular weight is 350 g/mol. The maximum absolute atomic E-state index is 13.5. The van der Waals surface area contributed by atoms with Gasteiger partial charge in [0.15, 0.2) is 0 Å². The van der Waals surface area contributed by atoms with Crippen LogP contribution in [0.3, 0.4) is 0 Å². The fraction of sp³-hybridized carbons (Fsp3) is 0.176. The second-order valence-electron chi connectivity index (χ2n) is 5.26. The van der Waals surface area contributed by atoms with Crippen LogP contribution >= 0.6 is 11.3 Å². The van der Waals surface area contributed by atoms with Gasteiger partial charge in [-0.05, 0) is 25.1 Å². The summed E-state index contributed by atoms with van der Waals surface area (Å²) in [5, 5.41) is 2.46. The molecule has 0 saturated heterocycles. The summed E-state index contributed by atoms with van der Waals surface area (Å²) in [5.74, 6) is -0.786. The number of halogens is 3. The van der Waals surface area contributed by atoms with E-state index in [1.54, 1.807) is 6.07 Å². The summed E-state index contributed by atoms with van der Waals surface area (Å²) < 4.78 is 40.5. The van der Waals surface area contributed by atoms with Crippen molar-refractivity contribution in [3.63, 3.8) is 0 Å². The third kappa shape index (κ3) is 3.26. The van der Waals surface area contributed by atoms with E-state index in [2.05, 4.69) is 10.3 Å². The van der Waals surface area contributed by atoms with Crippen molar-refractivity contribution in [3.8, 4) is 0 Å². The highest BCUT2D eigenvalue weighted by atomic mass is 32.1. The quantitative estimate of drug-likeness (QED) is 0.753. The normalized spacial score (nSPS) is 11.7. The summed E-state index contributed by atoms with van der Waals surface area (Å²) in [4.78, 5) is 18.2. The number of aryl methyl sites for hydroxylation is 1. The molecule has 0 atom stereocenters. The average Bonchev–Trinajstić information content (AvgIpc) is 2.96. The monoisotopic (exact) mass is 350 g/mol. The maximum atomic E-state index is 13.5. The van der Waals surface area contributed by atoms with Gasteiger partial charge in [0, 0.05) is 21.3 Å². The number of amides is 1. The summed E-state index contributed by atoms with van der Waals surface area (Å²) in [6.07, 6.45) is -3.66. The van der Waals surface area contributed by atoms with Crippen LogP contribution in [0.15, 0.2) is 42.6 Å². The molecule has 3 rings (SSSR count). The van der Waals surface area contributed by atoms with Crippen molar-refractivity contribution in [2.24, 2.45) is 0 Å². The molecule has 124 valence electrons. The van der Waals surface area contributed by atoms with E-state index in [-0.39, 0.29) is 17.4 Å². The van der Waals surface area contributed by atoms with Crippen LogP contribution < -0.4 is 5.32 Å². The van der Waals surface area contributed by atoms with Crippen molar-refractivity contribution in [2.45, 2.75) is 19.6 Å². The molecule has 3 aromatic rings. The zero-order chi connectivity index (χ0) is 17.3. The molecule has 0 radical (unpaired) electrons.